The van der Waals surface area contributed by atoms with Crippen LogP contribution in [-0.2, 0) is 4.74 Å². The molecule has 96 valence electrons. The summed E-state index contributed by atoms with van der Waals surface area (Å²) in [4.78, 5) is 33.1. The second-order valence-corrected chi connectivity index (χ2v) is 3.23. The average molecular weight is 254 g/mol. The summed E-state index contributed by atoms with van der Waals surface area (Å²) < 4.78 is 4.56. The number of hydrogen-bond acceptors (Lipinski definition) is 5. The molecular weight excluding hydrogens is 244 g/mol. The molecule has 0 fully saturated rings. The molecule has 0 saturated heterocycles. The van der Waals surface area contributed by atoms with Gasteiger partial charge in [-0.1, -0.05) is 0 Å². The molecule has 0 unspecified atom stereocenters. The third-order valence-corrected chi connectivity index (χ3v) is 2.04. The van der Waals surface area contributed by atoms with Crippen LogP contribution in [0.2, 0.25) is 0 Å². The Bertz CT molecular complexity index is 492. The predicted molar refractivity (Wildman–Crippen MR) is 57.7 cm³/mol. The van der Waals surface area contributed by atoms with Gasteiger partial charge in [0.15, 0.2) is 0 Å². The highest BCUT2D eigenvalue weighted by molar-refractivity contribution is 6.04. The number of aliphatic hydroxyl groups is 1. The molecule has 0 radical (unpaired) electrons. The van der Waals surface area contributed by atoms with Crippen molar-refractivity contribution in [3.05, 3.63) is 34.9 Å². The van der Waals surface area contributed by atoms with Gasteiger partial charge in [-0.25, -0.2) is 14.4 Å². The molecule has 0 saturated carbocycles. The molecule has 7 nitrogen and oxygen atoms in total. The molecular formula is C11H10O7. The molecule has 0 bridgehead atoms. The molecule has 0 heterocycles. The first kappa shape index (κ1) is 13.7. The van der Waals surface area contributed by atoms with Crippen LogP contribution in [0, 0.1) is 0 Å². The summed E-state index contributed by atoms with van der Waals surface area (Å²) in [5, 5.41) is 26.1. The van der Waals surface area contributed by atoms with Gasteiger partial charge in [-0.2, -0.15) is 0 Å². The molecule has 1 aromatic carbocycles. The Morgan fingerprint density at radius 1 is 1.06 bits per heavy atom. The molecule has 7 heteroatoms. The van der Waals surface area contributed by atoms with Crippen LogP contribution in [0.1, 0.15) is 31.1 Å². The van der Waals surface area contributed by atoms with E-state index in [2.05, 4.69) is 4.74 Å². The van der Waals surface area contributed by atoms with E-state index < -0.39 is 24.5 Å². The van der Waals surface area contributed by atoms with Crippen LogP contribution < -0.4 is 0 Å². The summed E-state index contributed by atoms with van der Waals surface area (Å²) in [6, 6.07) is 3.02. The first-order chi connectivity index (χ1) is 8.47. The maximum absolute atomic E-state index is 11.5. The van der Waals surface area contributed by atoms with E-state index in [0.717, 1.165) is 18.2 Å². The van der Waals surface area contributed by atoms with Crippen molar-refractivity contribution in [2.75, 3.05) is 13.2 Å². The number of ether oxygens (including phenoxy) is 1. The quantitative estimate of drug-likeness (QED) is 0.643. The van der Waals surface area contributed by atoms with Crippen molar-refractivity contribution in [3.63, 3.8) is 0 Å². The predicted octanol–water partition coefficient (Wildman–Crippen LogP) is 0.232. The van der Waals surface area contributed by atoms with E-state index in [4.69, 9.17) is 15.3 Å². The second-order valence-electron chi connectivity index (χ2n) is 3.23. The topological polar surface area (TPSA) is 121 Å². The second kappa shape index (κ2) is 5.78. The number of benzene rings is 1. The van der Waals surface area contributed by atoms with Crippen LogP contribution in [0.25, 0.3) is 0 Å². The third-order valence-electron chi connectivity index (χ3n) is 2.04. The third kappa shape index (κ3) is 3.05. The van der Waals surface area contributed by atoms with Crippen LogP contribution in [0.15, 0.2) is 18.2 Å². The van der Waals surface area contributed by atoms with E-state index in [0.29, 0.717) is 0 Å². The number of hydrogen-bond donors (Lipinski definition) is 3. The van der Waals surface area contributed by atoms with Crippen LogP contribution in [0.4, 0.5) is 0 Å². The Kier molecular flexibility index (Phi) is 4.39. The lowest BCUT2D eigenvalue weighted by atomic mass is 10.0. The van der Waals surface area contributed by atoms with Gasteiger partial charge in [-0.05, 0) is 18.2 Å². The molecule has 1 aromatic rings. The van der Waals surface area contributed by atoms with Crippen molar-refractivity contribution in [2.45, 2.75) is 0 Å². The van der Waals surface area contributed by atoms with Gasteiger partial charge in [-0.15, -0.1) is 0 Å². The highest BCUT2D eigenvalue weighted by atomic mass is 16.5. The zero-order valence-corrected chi connectivity index (χ0v) is 9.12. The lowest BCUT2D eigenvalue weighted by Gasteiger charge is -2.07. The van der Waals surface area contributed by atoms with E-state index in [9.17, 15) is 14.4 Å². The number of rotatable bonds is 5. The number of esters is 1. The minimum atomic E-state index is -1.37. The Hall–Kier alpha value is -2.41. The van der Waals surface area contributed by atoms with E-state index in [1.807, 2.05) is 0 Å². The standard InChI is InChI=1S/C11H10O7/c12-3-4-18-11(17)8-5-6(9(13)14)1-2-7(8)10(15)16/h1-2,5,12H,3-4H2,(H,13,14)(H,15,16). The van der Waals surface area contributed by atoms with Gasteiger partial charge >= 0.3 is 17.9 Å². The van der Waals surface area contributed by atoms with Gasteiger partial charge in [0.05, 0.1) is 23.3 Å². The number of carbonyl (C=O) groups is 3. The average Bonchev–Trinajstić information content (AvgIpc) is 2.34. The largest absolute Gasteiger partial charge is 0.478 e. The van der Waals surface area contributed by atoms with Crippen LogP contribution in [-0.4, -0.2) is 46.4 Å². The van der Waals surface area contributed by atoms with Crippen LogP contribution in [0.3, 0.4) is 0 Å². The lowest BCUT2D eigenvalue weighted by molar-refractivity contribution is 0.0426. The van der Waals surface area contributed by atoms with Gasteiger partial charge in [0, 0.05) is 0 Å². The Morgan fingerprint density at radius 3 is 2.22 bits per heavy atom. The van der Waals surface area contributed by atoms with Crippen molar-refractivity contribution in [2.24, 2.45) is 0 Å². The maximum atomic E-state index is 11.5. The SMILES string of the molecule is O=C(O)c1ccc(C(=O)O)c(C(=O)OCCO)c1. The molecule has 1 rings (SSSR count). The number of carbonyl (C=O) groups excluding carboxylic acids is 1. The monoisotopic (exact) mass is 254 g/mol. The molecule has 18 heavy (non-hydrogen) atoms. The van der Waals surface area contributed by atoms with Crippen molar-refractivity contribution < 1.29 is 34.4 Å². The van der Waals surface area contributed by atoms with Gasteiger partial charge in [0.2, 0.25) is 0 Å². The van der Waals surface area contributed by atoms with Gasteiger partial charge < -0.3 is 20.1 Å². The fraction of sp³-hybridized carbons (Fsp3) is 0.182. The van der Waals surface area contributed by atoms with Gasteiger partial charge in [-0.3, -0.25) is 0 Å². The van der Waals surface area contributed by atoms with Crippen molar-refractivity contribution in [1.29, 1.82) is 0 Å². The maximum Gasteiger partial charge on any atom is 0.339 e. The minimum absolute atomic E-state index is 0.226. The normalized spacial score (nSPS) is 9.83. The summed E-state index contributed by atoms with van der Waals surface area (Å²) in [5.41, 5.74) is -0.949. The van der Waals surface area contributed by atoms with Gasteiger partial charge in [0.25, 0.3) is 0 Å². The molecule has 0 atom stereocenters. The molecule has 0 aliphatic carbocycles. The number of aromatic carboxylic acids is 2. The van der Waals surface area contributed by atoms with Crippen molar-refractivity contribution >= 4 is 17.9 Å². The summed E-state index contributed by atoms with van der Waals surface area (Å²) in [5.74, 6) is -3.66. The molecule has 0 amide bonds. The first-order valence-corrected chi connectivity index (χ1v) is 4.86. The minimum Gasteiger partial charge on any atom is -0.478 e. The number of carboxylic acid groups (broad SMARTS) is 2. The summed E-state index contributed by atoms with van der Waals surface area (Å²) in [6.07, 6.45) is 0. The van der Waals surface area contributed by atoms with E-state index in [1.54, 1.807) is 0 Å². The zero-order chi connectivity index (χ0) is 13.7. The fourth-order valence-electron chi connectivity index (χ4n) is 1.25. The Balaban J connectivity index is 3.19. The molecule has 3 N–H and O–H groups in total. The Morgan fingerprint density at radius 2 is 1.72 bits per heavy atom. The number of carboxylic acids is 2. The summed E-state index contributed by atoms with van der Waals surface area (Å²) in [6.45, 7) is -0.706. The summed E-state index contributed by atoms with van der Waals surface area (Å²) >= 11 is 0. The zero-order valence-electron chi connectivity index (χ0n) is 9.12. The molecule has 0 aliphatic heterocycles. The van der Waals surface area contributed by atoms with Crippen molar-refractivity contribution in [3.8, 4) is 0 Å². The van der Waals surface area contributed by atoms with Crippen LogP contribution in [0.5, 0.6) is 0 Å². The van der Waals surface area contributed by atoms with E-state index >= 15 is 0 Å². The van der Waals surface area contributed by atoms with Crippen LogP contribution >= 0.6 is 0 Å². The van der Waals surface area contributed by atoms with Crippen molar-refractivity contribution in [1.82, 2.24) is 0 Å². The highest BCUT2D eigenvalue weighted by Crippen LogP contribution is 2.14. The Labute approximate surface area is 101 Å². The van der Waals surface area contributed by atoms with E-state index in [1.165, 1.54) is 0 Å². The molecule has 0 spiro atoms. The van der Waals surface area contributed by atoms with Gasteiger partial charge in [0.1, 0.15) is 6.61 Å². The first-order valence-electron chi connectivity index (χ1n) is 4.86. The highest BCUT2D eigenvalue weighted by Gasteiger charge is 2.19. The molecule has 0 aliphatic rings. The number of aliphatic hydroxyl groups excluding tert-OH is 1. The fourth-order valence-corrected chi connectivity index (χ4v) is 1.25. The summed E-state index contributed by atoms with van der Waals surface area (Å²) in [7, 11) is 0. The smallest absolute Gasteiger partial charge is 0.339 e. The molecule has 0 aromatic heterocycles. The lowest BCUT2D eigenvalue weighted by Crippen LogP contribution is -2.15. The van der Waals surface area contributed by atoms with E-state index in [-0.39, 0.29) is 23.3 Å².